The van der Waals surface area contributed by atoms with E-state index in [9.17, 15) is 0 Å². The molecule has 6 aromatic carbocycles. The fourth-order valence-electron chi connectivity index (χ4n) is 6.82. The summed E-state index contributed by atoms with van der Waals surface area (Å²) in [5, 5.41) is 4.71. The van der Waals surface area contributed by atoms with E-state index in [1.54, 1.807) is 0 Å². The molecular formula is C38H26O2S. The van der Waals surface area contributed by atoms with Crippen LogP contribution >= 0.6 is 10.0 Å². The molecule has 9 rings (SSSR count). The molecule has 41 heavy (non-hydrogen) atoms. The largest absolute Gasteiger partial charge is 0.456 e. The van der Waals surface area contributed by atoms with E-state index in [-0.39, 0.29) is 0 Å². The molecule has 0 unspecified atom stereocenters. The van der Waals surface area contributed by atoms with Crippen LogP contribution < -0.4 is 0 Å². The summed E-state index contributed by atoms with van der Waals surface area (Å²) in [5.41, 5.74) is 11.4. The molecule has 0 aliphatic carbocycles. The zero-order valence-corrected chi connectivity index (χ0v) is 23.6. The molecule has 0 fully saturated rings. The fraction of sp³-hybridized carbons (Fsp3) is 0.0526. The summed E-state index contributed by atoms with van der Waals surface area (Å²) >= 11 is 0. The van der Waals surface area contributed by atoms with Crippen LogP contribution in [-0.4, -0.2) is 12.5 Å². The van der Waals surface area contributed by atoms with Gasteiger partial charge in [0.15, 0.2) is 0 Å². The lowest BCUT2D eigenvalue weighted by atomic mass is 9.95. The van der Waals surface area contributed by atoms with E-state index in [4.69, 9.17) is 8.83 Å². The van der Waals surface area contributed by atoms with Crippen molar-refractivity contribution in [3.63, 3.8) is 0 Å². The lowest BCUT2D eigenvalue weighted by Crippen LogP contribution is -1.94. The molecule has 8 aromatic rings. The molecule has 0 N–H and O–H groups in total. The molecule has 196 valence electrons. The Morgan fingerprint density at radius 3 is 1.34 bits per heavy atom. The molecule has 0 saturated heterocycles. The van der Waals surface area contributed by atoms with Gasteiger partial charge >= 0.3 is 0 Å². The summed E-state index contributed by atoms with van der Waals surface area (Å²) < 4.78 is 12.4. The Kier molecular flexibility index (Phi) is 4.58. The number of hydrogen-bond donors (Lipinski definition) is 0. The normalized spacial score (nSPS) is 14.6. The molecule has 0 bridgehead atoms. The first kappa shape index (κ1) is 23.0. The quantitative estimate of drug-likeness (QED) is 0.215. The van der Waals surface area contributed by atoms with Crippen LogP contribution in [0.25, 0.3) is 77.3 Å². The minimum Gasteiger partial charge on any atom is -0.456 e. The van der Waals surface area contributed by atoms with Gasteiger partial charge in [0, 0.05) is 31.3 Å². The Bertz CT molecular complexity index is 2190. The van der Waals surface area contributed by atoms with Gasteiger partial charge in [-0.25, -0.2) is 0 Å². The Morgan fingerprint density at radius 1 is 0.415 bits per heavy atom. The smallest absolute Gasteiger partial charge is 0.136 e. The highest BCUT2D eigenvalue weighted by Gasteiger charge is 2.32. The molecular weight excluding hydrogens is 520 g/mol. The first-order chi connectivity index (χ1) is 20.1. The van der Waals surface area contributed by atoms with Crippen molar-refractivity contribution in [1.29, 1.82) is 0 Å². The highest BCUT2D eigenvalue weighted by atomic mass is 32.3. The minimum atomic E-state index is -1.24. The molecule has 0 amide bonds. The van der Waals surface area contributed by atoms with Gasteiger partial charge in [-0.15, -0.1) is 0 Å². The fourth-order valence-corrected chi connectivity index (χ4v) is 9.35. The number of rotatable bonds is 2. The molecule has 1 aliphatic heterocycles. The zero-order valence-electron chi connectivity index (χ0n) is 22.8. The van der Waals surface area contributed by atoms with Crippen LogP contribution in [-0.2, 0) is 0 Å². The van der Waals surface area contributed by atoms with Gasteiger partial charge in [0.25, 0.3) is 0 Å². The summed E-state index contributed by atoms with van der Waals surface area (Å²) in [6.45, 7) is 0. The molecule has 0 radical (unpaired) electrons. The van der Waals surface area contributed by atoms with Gasteiger partial charge in [-0.1, -0.05) is 84.9 Å². The Hall–Kier alpha value is -4.73. The summed E-state index contributed by atoms with van der Waals surface area (Å²) in [7, 11) is -1.24. The van der Waals surface area contributed by atoms with Crippen molar-refractivity contribution in [2.24, 2.45) is 0 Å². The van der Waals surface area contributed by atoms with Crippen molar-refractivity contribution < 1.29 is 8.83 Å². The second kappa shape index (κ2) is 8.15. The average Bonchev–Trinajstić information content (AvgIpc) is 3.65. The third kappa shape index (κ3) is 3.15. The third-order valence-electron chi connectivity index (χ3n) is 8.78. The van der Waals surface area contributed by atoms with Crippen molar-refractivity contribution in [3.05, 3.63) is 121 Å². The predicted molar refractivity (Wildman–Crippen MR) is 173 cm³/mol. The summed E-state index contributed by atoms with van der Waals surface area (Å²) in [6, 6.07) is 43.6. The Morgan fingerprint density at radius 2 is 0.854 bits per heavy atom. The topological polar surface area (TPSA) is 26.3 Å². The van der Waals surface area contributed by atoms with E-state index in [0.29, 0.717) is 0 Å². The highest BCUT2D eigenvalue weighted by Crippen LogP contribution is 2.68. The van der Waals surface area contributed by atoms with Crippen LogP contribution in [0.3, 0.4) is 0 Å². The monoisotopic (exact) mass is 546 g/mol. The molecule has 1 aliphatic rings. The first-order valence-corrected chi connectivity index (χ1v) is 16.4. The molecule has 2 nitrogen and oxygen atoms in total. The molecule has 0 spiro atoms. The maximum atomic E-state index is 6.20. The molecule has 3 heterocycles. The van der Waals surface area contributed by atoms with Crippen molar-refractivity contribution in [1.82, 2.24) is 0 Å². The van der Waals surface area contributed by atoms with Crippen LogP contribution in [0.2, 0.25) is 0 Å². The van der Waals surface area contributed by atoms with E-state index < -0.39 is 10.0 Å². The molecule has 3 heteroatoms. The van der Waals surface area contributed by atoms with E-state index in [1.165, 1.54) is 64.7 Å². The second-order valence-corrected chi connectivity index (χ2v) is 14.8. The number of para-hydroxylation sites is 2. The lowest BCUT2D eigenvalue weighted by molar-refractivity contribution is 0.668. The zero-order chi connectivity index (χ0) is 27.3. The summed E-state index contributed by atoms with van der Waals surface area (Å²) in [4.78, 5) is 2.89. The predicted octanol–water partition coefficient (Wildman–Crippen LogP) is 11.3. The molecule has 0 saturated carbocycles. The van der Waals surface area contributed by atoms with Gasteiger partial charge in [-0.2, -0.15) is 10.0 Å². The number of benzene rings is 6. The third-order valence-corrected chi connectivity index (χ3v) is 11.7. The van der Waals surface area contributed by atoms with Gasteiger partial charge < -0.3 is 8.83 Å². The van der Waals surface area contributed by atoms with Crippen molar-refractivity contribution in [3.8, 4) is 33.4 Å². The Balaban J connectivity index is 1.21. The van der Waals surface area contributed by atoms with Crippen LogP contribution in [0.1, 0.15) is 0 Å². The van der Waals surface area contributed by atoms with E-state index in [1.807, 2.05) is 12.1 Å². The van der Waals surface area contributed by atoms with Gasteiger partial charge in [0.05, 0.1) is 0 Å². The Labute approximate surface area is 239 Å². The number of fused-ring (bicyclic) bond motifs is 9. The number of hydrogen-bond acceptors (Lipinski definition) is 2. The highest BCUT2D eigenvalue weighted by molar-refractivity contribution is 8.33. The van der Waals surface area contributed by atoms with Crippen molar-refractivity contribution in [2.45, 2.75) is 9.79 Å². The van der Waals surface area contributed by atoms with Gasteiger partial charge in [0.2, 0.25) is 0 Å². The van der Waals surface area contributed by atoms with E-state index in [0.717, 1.165) is 22.3 Å². The van der Waals surface area contributed by atoms with Crippen molar-refractivity contribution >= 4 is 53.9 Å². The van der Waals surface area contributed by atoms with Crippen LogP contribution in [0.15, 0.2) is 140 Å². The van der Waals surface area contributed by atoms with Crippen LogP contribution in [0.5, 0.6) is 0 Å². The summed E-state index contributed by atoms with van der Waals surface area (Å²) in [6.07, 6.45) is 4.87. The maximum absolute atomic E-state index is 6.20. The lowest BCUT2D eigenvalue weighted by Gasteiger charge is -2.29. The average molecular weight is 547 g/mol. The second-order valence-electron chi connectivity index (χ2n) is 11.3. The SMILES string of the molecule is CS1(C)c2cc(-c3cccc4oc5ccccc5c34)ccc2-c2ccc(-c3cccc4oc5ccccc5c34)cc21. The standard InChI is InChI=1S/C38H26O2S/c1-41(2)35-21-23(25-11-7-15-33-37(25)29-9-3-5-13-31(29)39-33)17-19-27(35)28-20-18-24(22-36(28)41)26-12-8-16-34-38(26)30-10-4-6-14-32(30)40-34/h3-22H,1-2H3. The van der Waals surface area contributed by atoms with E-state index >= 15 is 0 Å². The van der Waals surface area contributed by atoms with Gasteiger partial charge in [-0.3, -0.25) is 0 Å². The molecule has 0 atom stereocenters. The van der Waals surface area contributed by atoms with Crippen LogP contribution in [0, 0.1) is 0 Å². The van der Waals surface area contributed by atoms with Crippen molar-refractivity contribution in [2.75, 3.05) is 12.5 Å². The van der Waals surface area contributed by atoms with Gasteiger partial charge in [-0.05, 0) is 82.3 Å². The van der Waals surface area contributed by atoms with Crippen LogP contribution in [0.4, 0.5) is 0 Å². The molecule has 2 aromatic heterocycles. The minimum absolute atomic E-state index is 0.933. The van der Waals surface area contributed by atoms with Gasteiger partial charge in [0.1, 0.15) is 22.3 Å². The summed E-state index contributed by atoms with van der Waals surface area (Å²) in [5.74, 6) is 0. The first-order valence-electron chi connectivity index (χ1n) is 13.9. The number of furan rings is 2. The van der Waals surface area contributed by atoms with E-state index in [2.05, 4.69) is 122 Å². The maximum Gasteiger partial charge on any atom is 0.136 e.